The Morgan fingerprint density at radius 3 is 2.81 bits per heavy atom. The first-order valence-corrected chi connectivity index (χ1v) is 6.71. The Labute approximate surface area is 120 Å². The number of carbonyl (C=O) groups is 1. The molecule has 1 fully saturated rings. The van der Waals surface area contributed by atoms with E-state index in [1.54, 1.807) is 0 Å². The molecule has 2 rings (SSSR count). The fraction of sp³-hybridized carbons (Fsp3) is 0.500. The van der Waals surface area contributed by atoms with Gasteiger partial charge in [-0.05, 0) is 25.0 Å². The highest BCUT2D eigenvalue weighted by molar-refractivity contribution is 5.64. The molecule has 1 aliphatic rings. The molecule has 1 aliphatic heterocycles. The van der Waals surface area contributed by atoms with Crippen molar-refractivity contribution in [1.82, 2.24) is 5.32 Å². The Kier molecular flexibility index (Phi) is 5.32. The normalized spacial score (nSPS) is 21.8. The van der Waals surface area contributed by atoms with Crippen molar-refractivity contribution in [2.75, 3.05) is 19.8 Å². The Morgan fingerprint density at radius 2 is 2.19 bits per heavy atom. The molecule has 1 aromatic rings. The van der Waals surface area contributed by atoms with Crippen molar-refractivity contribution in [3.8, 4) is 5.75 Å². The molecule has 0 radical (unpaired) electrons. The van der Waals surface area contributed by atoms with Crippen LogP contribution in [0.2, 0.25) is 0 Å². The zero-order chi connectivity index (χ0) is 15.2. The van der Waals surface area contributed by atoms with Crippen molar-refractivity contribution in [1.29, 1.82) is 0 Å². The van der Waals surface area contributed by atoms with Gasteiger partial charge in [-0.3, -0.25) is 0 Å². The Bertz CT molecular complexity index is 490. The number of hydrogen-bond acceptors (Lipinski definition) is 3. The van der Waals surface area contributed by atoms with Gasteiger partial charge in [0.25, 0.3) is 0 Å². The average Bonchev–Trinajstić information content (AvgIpc) is 2.47. The maximum Gasteiger partial charge on any atom is 0.404 e. The number of ether oxygens (including phenoxy) is 2. The van der Waals surface area contributed by atoms with Crippen LogP contribution in [0.5, 0.6) is 5.75 Å². The first-order valence-electron chi connectivity index (χ1n) is 6.71. The van der Waals surface area contributed by atoms with Crippen LogP contribution < -0.4 is 10.1 Å². The van der Waals surface area contributed by atoms with Gasteiger partial charge in [0.05, 0.1) is 19.3 Å². The second kappa shape index (κ2) is 7.21. The van der Waals surface area contributed by atoms with Crippen LogP contribution in [0.1, 0.15) is 12.8 Å². The van der Waals surface area contributed by atoms with Crippen LogP contribution in [-0.2, 0) is 4.74 Å². The summed E-state index contributed by atoms with van der Waals surface area (Å²) in [7, 11) is 0. The SMILES string of the molecule is O=C(O)NC[C@H]1CC[C@@H](COc2ccc(F)c(F)c2)CO1. The van der Waals surface area contributed by atoms with E-state index in [4.69, 9.17) is 14.6 Å². The lowest BCUT2D eigenvalue weighted by molar-refractivity contribution is -0.0251. The molecule has 0 bridgehead atoms. The third-order valence-corrected chi connectivity index (χ3v) is 3.32. The highest BCUT2D eigenvalue weighted by Gasteiger charge is 2.22. The first-order chi connectivity index (χ1) is 10.0. The number of nitrogens with one attached hydrogen (secondary N) is 1. The third kappa shape index (κ3) is 4.86. The summed E-state index contributed by atoms with van der Waals surface area (Å²) in [6.07, 6.45) is 0.366. The molecule has 116 valence electrons. The van der Waals surface area contributed by atoms with Gasteiger partial charge in [-0.1, -0.05) is 0 Å². The average molecular weight is 301 g/mol. The van der Waals surface area contributed by atoms with E-state index in [9.17, 15) is 13.6 Å². The van der Waals surface area contributed by atoms with Gasteiger partial charge in [0.15, 0.2) is 11.6 Å². The van der Waals surface area contributed by atoms with E-state index in [2.05, 4.69) is 5.32 Å². The molecule has 0 aliphatic carbocycles. The van der Waals surface area contributed by atoms with E-state index in [1.165, 1.54) is 6.07 Å². The smallest absolute Gasteiger partial charge is 0.404 e. The highest BCUT2D eigenvalue weighted by atomic mass is 19.2. The standard InChI is InChI=1S/C14H17F2NO4/c15-12-4-3-10(5-13(12)16)20-7-9-1-2-11(21-8-9)6-17-14(18)19/h3-5,9,11,17H,1-2,6-8H2,(H,18,19)/t9-,11+/m0/s1. The number of rotatable bonds is 5. The van der Waals surface area contributed by atoms with Gasteiger partial charge in [0, 0.05) is 18.5 Å². The van der Waals surface area contributed by atoms with Crippen LogP contribution in [0.3, 0.4) is 0 Å². The first kappa shape index (κ1) is 15.5. The summed E-state index contributed by atoms with van der Waals surface area (Å²) in [4.78, 5) is 10.4. The lowest BCUT2D eigenvalue weighted by Gasteiger charge is -2.28. The van der Waals surface area contributed by atoms with Crippen molar-refractivity contribution in [3.63, 3.8) is 0 Å². The predicted molar refractivity (Wildman–Crippen MR) is 70.3 cm³/mol. The van der Waals surface area contributed by atoms with E-state index in [1.807, 2.05) is 0 Å². The van der Waals surface area contributed by atoms with Gasteiger partial charge < -0.3 is 19.9 Å². The molecule has 0 saturated carbocycles. The molecule has 0 unspecified atom stereocenters. The number of halogens is 2. The summed E-state index contributed by atoms with van der Waals surface area (Å²) >= 11 is 0. The van der Waals surface area contributed by atoms with E-state index >= 15 is 0 Å². The number of hydrogen-bond donors (Lipinski definition) is 2. The molecule has 1 saturated heterocycles. The van der Waals surface area contributed by atoms with Crippen molar-refractivity contribution >= 4 is 6.09 Å². The molecular weight excluding hydrogens is 284 g/mol. The second-order valence-corrected chi connectivity index (χ2v) is 4.97. The van der Waals surface area contributed by atoms with E-state index in [0.717, 1.165) is 25.0 Å². The van der Waals surface area contributed by atoms with Crippen LogP contribution in [0.15, 0.2) is 18.2 Å². The molecule has 0 spiro atoms. The highest BCUT2D eigenvalue weighted by Crippen LogP contribution is 2.21. The molecule has 7 heteroatoms. The lowest BCUT2D eigenvalue weighted by atomic mass is 9.99. The minimum atomic E-state index is -1.07. The summed E-state index contributed by atoms with van der Waals surface area (Å²) in [5, 5.41) is 10.8. The maximum absolute atomic E-state index is 13.0. The molecule has 21 heavy (non-hydrogen) atoms. The summed E-state index contributed by atoms with van der Waals surface area (Å²) in [6, 6.07) is 3.41. The van der Waals surface area contributed by atoms with Gasteiger partial charge in [-0.15, -0.1) is 0 Å². The van der Waals surface area contributed by atoms with Gasteiger partial charge in [-0.2, -0.15) is 0 Å². The lowest BCUT2D eigenvalue weighted by Crippen LogP contribution is -2.37. The van der Waals surface area contributed by atoms with Gasteiger partial charge >= 0.3 is 6.09 Å². The Morgan fingerprint density at radius 1 is 1.38 bits per heavy atom. The summed E-state index contributed by atoms with van der Waals surface area (Å²) in [5.41, 5.74) is 0. The van der Waals surface area contributed by atoms with Crippen molar-refractivity contribution in [3.05, 3.63) is 29.8 Å². The third-order valence-electron chi connectivity index (χ3n) is 3.32. The monoisotopic (exact) mass is 301 g/mol. The largest absolute Gasteiger partial charge is 0.493 e. The van der Waals surface area contributed by atoms with E-state index < -0.39 is 17.7 Å². The fourth-order valence-electron chi connectivity index (χ4n) is 2.13. The number of carboxylic acid groups (broad SMARTS) is 1. The minimum absolute atomic E-state index is 0.124. The number of benzene rings is 1. The zero-order valence-electron chi connectivity index (χ0n) is 11.4. The molecule has 5 nitrogen and oxygen atoms in total. The molecule has 2 N–H and O–H groups in total. The van der Waals surface area contributed by atoms with E-state index in [0.29, 0.717) is 13.2 Å². The fourth-order valence-corrected chi connectivity index (χ4v) is 2.13. The van der Waals surface area contributed by atoms with E-state index in [-0.39, 0.29) is 24.3 Å². The molecule has 2 atom stereocenters. The van der Waals surface area contributed by atoms with Crippen molar-refractivity contribution < 1.29 is 28.2 Å². The second-order valence-electron chi connectivity index (χ2n) is 4.97. The molecule has 1 heterocycles. The topological polar surface area (TPSA) is 67.8 Å². The predicted octanol–water partition coefficient (Wildman–Crippen LogP) is 2.41. The summed E-state index contributed by atoms with van der Waals surface area (Å²) < 4.78 is 36.7. The molecular formula is C14H17F2NO4. The Balaban J connectivity index is 1.71. The van der Waals surface area contributed by atoms with Crippen LogP contribution in [0.25, 0.3) is 0 Å². The summed E-state index contributed by atoms with van der Waals surface area (Å²) in [6.45, 7) is 1.08. The van der Waals surface area contributed by atoms with Crippen LogP contribution in [0.4, 0.5) is 13.6 Å². The number of amides is 1. The van der Waals surface area contributed by atoms with Crippen molar-refractivity contribution in [2.24, 2.45) is 5.92 Å². The molecule has 1 amide bonds. The molecule has 1 aromatic carbocycles. The van der Waals surface area contributed by atoms with Crippen LogP contribution in [0, 0.1) is 17.6 Å². The Hall–Kier alpha value is -1.89. The van der Waals surface area contributed by atoms with Gasteiger partial charge in [0.2, 0.25) is 0 Å². The summed E-state index contributed by atoms with van der Waals surface area (Å²) in [5.74, 6) is -1.41. The maximum atomic E-state index is 13.0. The van der Waals surface area contributed by atoms with Crippen molar-refractivity contribution in [2.45, 2.75) is 18.9 Å². The zero-order valence-corrected chi connectivity index (χ0v) is 11.4. The minimum Gasteiger partial charge on any atom is -0.493 e. The van der Waals surface area contributed by atoms with Crippen LogP contribution >= 0.6 is 0 Å². The quantitative estimate of drug-likeness (QED) is 0.876. The van der Waals surface area contributed by atoms with Crippen LogP contribution in [-0.4, -0.2) is 37.1 Å². The van der Waals surface area contributed by atoms with Gasteiger partial charge in [-0.25, -0.2) is 13.6 Å². The molecule has 0 aromatic heterocycles. The van der Waals surface area contributed by atoms with Gasteiger partial charge in [0.1, 0.15) is 5.75 Å².